The topological polar surface area (TPSA) is 214 Å². The molecular weight excluding hydrogens is 946 g/mol. The first-order valence-electron chi connectivity index (χ1n) is 24.3. The molecule has 3 amide bonds. The monoisotopic (exact) mass is 999 g/mol. The Morgan fingerprint density at radius 3 is 1.42 bits per heavy atom. The summed E-state index contributed by atoms with van der Waals surface area (Å²) in [4.78, 5) is 101. The Bertz CT molecular complexity index is 3250. The zero-order valence-electron chi connectivity index (χ0n) is 40.5. The highest BCUT2D eigenvalue weighted by atomic mass is 31.1. The zero-order valence-corrected chi connectivity index (χ0v) is 41.5. The van der Waals surface area contributed by atoms with Crippen LogP contribution < -0.4 is 14.7 Å². The molecule has 9 rings (SSSR count). The Morgan fingerprint density at radius 2 is 0.972 bits per heavy atom. The molecule has 0 N–H and O–H groups in total. The van der Waals surface area contributed by atoms with E-state index in [0.29, 0.717) is 102 Å². The summed E-state index contributed by atoms with van der Waals surface area (Å²) in [6.45, 7) is 8.44. The molecule has 0 saturated carbocycles. The third-order valence-corrected chi connectivity index (χ3v) is 14.0. The smallest absolute Gasteiger partial charge is 0.419 e. The Balaban J connectivity index is 0.998. The molecular formula is C52H54N7O12P. The van der Waals surface area contributed by atoms with Crippen molar-refractivity contribution in [3.63, 3.8) is 0 Å². The van der Waals surface area contributed by atoms with Gasteiger partial charge in [-0.15, -0.1) is 0 Å². The number of hydrogen-bond acceptors (Lipinski definition) is 13. The van der Waals surface area contributed by atoms with Crippen molar-refractivity contribution in [3.05, 3.63) is 88.4 Å². The predicted octanol–water partition coefficient (Wildman–Crippen LogP) is 9.08. The Morgan fingerprint density at radius 1 is 0.556 bits per heavy atom. The second-order valence-electron chi connectivity index (χ2n) is 17.4. The van der Waals surface area contributed by atoms with Crippen LogP contribution in [0.5, 0.6) is 0 Å². The average molecular weight is 1000 g/mol. The van der Waals surface area contributed by atoms with Crippen molar-refractivity contribution in [1.82, 2.24) is 13.7 Å². The van der Waals surface area contributed by atoms with Crippen LogP contribution in [-0.2, 0) is 47.3 Å². The number of amides is 3. The highest BCUT2D eigenvalue weighted by Crippen LogP contribution is 2.42. The first-order chi connectivity index (χ1) is 34.9. The highest BCUT2D eigenvalue weighted by Gasteiger charge is 2.37. The quantitative estimate of drug-likeness (QED) is 0.0383. The standard InChI is InChI=1S/C52H54N7O12P/c1-5-67-50(64)57-41-17-14-39-33(35(41)28-44(57)31(4)60)20-24-55(39)49(63)46-30-37-34-21-25-56(40(34)15-18-43(37)59(46)52(66)69-7-3)48(62)45-29-36-32-19-23-54(38(32)13-16-42(36)58(45)51(65)68-6-2)47(61)12-9-8-10-26-70-72-71-27-11-22-53/h13-18,28-30,72H,5-12,19-21,23-27H2,1-4H3. The van der Waals surface area contributed by atoms with Crippen molar-refractivity contribution in [3.8, 4) is 6.07 Å². The number of unbranched alkanes of at least 4 members (excludes halogenated alkanes) is 2. The van der Waals surface area contributed by atoms with Gasteiger partial charge >= 0.3 is 18.3 Å². The molecule has 6 aromatic rings. The van der Waals surface area contributed by atoms with Gasteiger partial charge in [0.15, 0.2) is 14.8 Å². The van der Waals surface area contributed by atoms with Gasteiger partial charge in [0.25, 0.3) is 11.8 Å². The lowest BCUT2D eigenvalue weighted by molar-refractivity contribution is -0.118. The number of fused-ring (bicyclic) bond motifs is 9. The number of ether oxygens (including phenoxy) is 3. The average Bonchev–Trinajstić information content (AvgIpc) is 4.23. The van der Waals surface area contributed by atoms with E-state index in [0.717, 1.165) is 35.2 Å². The van der Waals surface area contributed by atoms with Crippen LogP contribution in [0.15, 0.2) is 54.6 Å². The molecule has 6 heterocycles. The molecule has 0 spiro atoms. The van der Waals surface area contributed by atoms with Crippen molar-refractivity contribution in [2.45, 2.75) is 79.1 Å². The van der Waals surface area contributed by atoms with Gasteiger partial charge in [0, 0.05) is 66.2 Å². The van der Waals surface area contributed by atoms with E-state index >= 15 is 0 Å². The Kier molecular flexibility index (Phi) is 14.6. The normalized spacial score (nSPS) is 13.8. The maximum Gasteiger partial charge on any atom is 0.419 e. The van der Waals surface area contributed by atoms with Crippen molar-refractivity contribution < 1.29 is 56.8 Å². The summed E-state index contributed by atoms with van der Waals surface area (Å²) < 4.78 is 30.8. The van der Waals surface area contributed by atoms with E-state index in [4.69, 9.17) is 28.5 Å². The number of anilines is 3. The molecule has 0 fully saturated rings. The third-order valence-electron chi connectivity index (χ3n) is 13.4. The second-order valence-corrected chi connectivity index (χ2v) is 18.2. The molecule has 3 aromatic carbocycles. The van der Waals surface area contributed by atoms with Crippen molar-refractivity contribution in [2.24, 2.45) is 0 Å². The van der Waals surface area contributed by atoms with Gasteiger partial charge in [-0.1, -0.05) is 6.42 Å². The molecule has 1 unspecified atom stereocenters. The molecule has 3 aliphatic rings. The summed E-state index contributed by atoms with van der Waals surface area (Å²) in [6, 6.07) is 17.4. The number of hydrogen-bond donors (Lipinski definition) is 0. The van der Waals surface area contributed by atoms with Gasteiger partial charge in [0.2, 0.25) is 5.91 Å². The second kappa shape index (κ2) is 21.1. The number of Topliss-reactive ketones (excluding diaryl/α,β-unsaturated/α-hetero) is 1. The van der Waals surface area contributed by atoms with Crippen molar-refractivity contribution >= 4 is 101 Å². The summed E-state index contributed by atoms with van der Waals surface area (Å²) in [5.74, 6) is -1.27. The van der Waals surface area contributed by atoms with E-state index in [1.807, 2.05) is 12.1 Å². The number of nitrogens with zero attached hydrogens (tertiary/aromatic N) is 7. The molecule has 374 valence electrons. The maximum atomic E-state index is 14.9. The van der Waals surface area contributed by atoms with Crippen LogP contribution in [0.25, 0.3) is 32.7 Å². The van der Waals surface area contributed by atoms with Gasteiger partial charge < -0.3 is 38.0 Å². The summed E-state index contributed by atoms with van der Waals surface area (Å²) in [5.41, 5.74) is 5.85. The van der Waals surface area contributed by atoms with E-state index in [9.17, 15) is 33.6 Å². The van der Waals surface area contributed by atoms with Crippen LogP contribution in [-0.4, -0.2) is 108 Å². The molecule has 0 bridgehead atoms. The van der Waals surface area contributed by atoms with E-state index < -0.39 is 30.1 Å². The fraction of sp³-hybridized carbons (Fsp3) is 0.385. The number of rotatable bonds is 16. The van der Waals surface area contributed by atoms with E-state index in [2.05, 4.69) is 0 Å². The van der Waals surface area contributed by atoms with E-state index in [1.54, 1.807) is 84.0 Å². The van der Waals surface area contributed by atoms with Gasteiger partial charge in [0.05, 0.1) is 67.8 Å². The van der Waals surface area contributed by atoms with Crippen LogP contribution in [0.1, 0.15) is 108 Å². The number of nitriles is 1. The Labute approximate surface area is 416 Å². The third kappa shape index (κ3) is 8.88. The molecule has 72 heavy (non-hydrogen) atoms. The number of aromatic nitrogens is 3. The van der Waals surface area contributed by atoms with Crippen molar-refractivity contribution in [1.29, 1.82) is 5.26 Å². The number of ketones is 1. The highest BCUT2D eigenvalue weighted by molar-refractivity contribution is 7.26. The van der Waals surface area contributed by atoms with Gasteiger partial charge in [-0.3, -0.25) is 19.2 Å². The molecule has 0 saturated heterocycles. The molecule has 3 aromatic heterocycles. The van der Waals surface area contributed by atoms with Crippen LogP contribution in [0.2, 0.25) is 0 Å². The van der Waals surface area contributed by atoms with Crippen LogP contribution >= 0.6 is 9.03 Å². The molecule has 19 nitrogen and oxygen atoms in total. The van der Waals surface area contributed by atoms with Gasteiger partial charge in [-0.05, 0) is 124 Å². The van der Waals surface area contributed by atoms with Crippen molar-refractivity contribution in [2.75, 3.05) is 67.4 Å². The van der Waals surface area contributed by atoms with E-state index in [-0.39, 0.29) is 70.7 Å². The van der Waals surface area contributed by atoms with Crippen LogP contribution in [0, 0.1) is 11.3 Å². The minimum Gasteiger partial charge on any atom is -0.449 e. The van der Waals surface area contributed by atoms with Crippen LogP contribution in [0.4, 0.5) is 31.4 Å². The molecule has 20 heteroatoms. The fourth-order valence-electron chi connectivity index (χ4n) is 10.2. The van der Waals surface area contributed by atoms with Gasteiger partial charge in [-0.25, -0.2) is 28.1 Å². The maximum absolute atomic E-state index is 14.9. The molecule has 1 atom stereocenters. The number of benzene rings is 3. The summed E-state index contributed by atoms with van der Waals surface area (Å²) in [5, 5.41) is 10.5. The van der Waals surface area contributed by atoms with Crippen LogP contribution in [0.3, 0.4) is 0 Å². The lowest BCUT2D eigenvalue weighted by Gasteiger charge is -2.19. The zero-order chi connectivity index (χ0) is 50.8. The minimum absolute atomic E-state index is 0.0162. The fourth-order valence-corrected chi connectivity index (χ4v) is 10.7. The summed E-state index contributed by atoms with van der Waals surface area (Å²) in [7, 11) is -0.119. The Hall–Kier alpha value is -7.39. The first-order valence-corrected chi connectivity index (χ1v) is 25.1. The summed E-state index contributed by atoms with van der Waals surface area (Å²) in [6.07, 6.45) is 2.07. The SMILES string of the molecule is CCOC(=O)n1c(C(=O)N2CCc3c2ccc2c3cc(C(=O)N3CCc4c3ccc3c4cc(C(C)=O)n3C(=O)OCC)n2C(=O)OCC)cc2c3c(ccc21)N(C(=O)CCCCCOPOCCC#N)CC3. The largest absolute Gasteiger partial charge is 0.449 e. The molecule has 0 radical (unpaired) electrons. The number of carbonyl (C=O) groups is 7. The van der Waals surface area contributed by atoms with E-state index in [1.165, 1.54) is 20.6 Å². The van der Waals surface area contributed by atoms with Gasteiger partial charge in [0.1, 0.15) is 11.4 Å². The van der Waals surface area contributed by atoms with Gasteiger partial charge in [-0.2, -0.15) is 5.26 Å². The lowest BCUT2D eigenvalue weighted by atomic mass is 10.1. The lowest BCUT2D eigenvalue weighted by Crippen LogP contribution is -2.32. The number of carbonyl (C=O) groups excluding carboxylic acids is 7. The summed E-state index contributed by atoms with van der Waals surface area (Å²) >= 11 is 0. The minimum atomic E-state index is -0.751. The molecule has 0 aliphatic carbocycles. The predicted molar refractivity (Wildman–Crippen MR) is 269 cm³/mol. The first kappa shape index (κ1) is 49.6. The molecule has 3 aliphatic heterocycles.